The molecule has 0 amide bonds. The topological polar surface area (TPSA) is 9.23 Å². The number of hydrogen-bond donors (Lipinski definition) is 0. The zero-order valence-corrected chi connectivity index (χ0v) is 20.8. The molecule has 1 nitrogen and oxygen atoms in total. The third kappa shape index (κ3) is 6.42. The minimum Gasteiger partial charge on any atom is -0.490 e. The Kier molecular flexibility index (Phi) is 9.18. The smallest absolute Gasteiger partial charge is 0.119 e. The summed E-state index contributed by atoms with van der Waals surface area (Å²) in [6.07, 6.45) is 24.1. The number of hydrogen-bond acceptors (Lipinski definition) is 1. The molecule has 1 aromatic carbocycles. The lowest BCUT2D eigenvalue weighted by atomic mass is 9.60. The van der Waals surface area contributed by atoms with Gasteiger partial charge in [0, 0.05) is 0 Å². The van der Waals surface area contributed by atoms with Gasteiger partial charge in [0.1, 0.15) is 12.4 Å². The summed E-state index contributed by atoms with van der Waals surface area (Å²) >= 11 is 0. The first-order valence-electron chi connectivity index (χ1n) is 14.1. The molecule has 4 rings (SSSR count). The molecule has 4 unspecified atom stereocenters. The largest absolute Gasteiger partial charge is 0.490 e. The Labute approximate surface area is 198 Å². The van der Waals surface area contributed by atoms with Crippen molar-refractivity contribution in [3.8, 4) is 5.75 Å². The molecular formula is C31H48O. The molecule has 0 aromatic heterocycles. The number of fused-ring (bicyclic) bond motifs is 1. The Balaban J connectivity index is 1.19. The number of rotatable bonds is 10. The van der Waals surface area contributed by atoms with Crippen molar-refractivity contribution >= 4 is 0 Å². The second-order valence-electron chi connectivity index (χ2n) is 11.4. The molecule has 178 valence electrons. The van der Waals surface area contributed by atoms with Gasteiger partial charge in [0.2, 0.25) is 0 Å². The van der Waals surface area contributed by atoms with Gasteiger partial charge in [0.15, 0.2) is 0 Å². The monoisotopic (exact) mass is 436 g/mol. The van der Waals surface area contributed by atoms with Crippen LogP contribution in [-0.2, 0) is 0 Å². The summed E-state index contributed by atoms with van der Waals surface area (Å²) in [5, 5.41) is 0. The zero-order chi connectivity index (χ0) is 22.2. The summed E-state index contributed by atoms with van der Waals surface area (Å²) in [7, 11) is 0. The number of ether oxygens (including phenoxy) is 1. The van der Waals surface area contributed by atoms with Crippen LogP contribution in [0, 0.1) is 29.6 Å². The molecule has 32 heavy (non-hydrogen) atoms. The van der Waals surface area contributed by atoms with Gasteiger partial charge >= 0.3 is 0 Å². The molecule has 0 heterocycles. The summed E-state index contributed by atoms with van der Waals surface area (Å²) in [5.74, 6) is 6.99. The number of unbranched alkanes of at least 4 members (excludes halogenated alkanes) is 3. The zero-order valence-electron chi connectivity index (χ0n) is 20.8. The Morgan fingerprint density at radius 1 is 0.781 bits per heavy atom. The second-order valence-corrected chi connectivity index (χ2v) is 11.4. The van der Waals surface area contributed by atoms with E-state index in [9.17, 15) is 0 Å². The molecular weight excluding hydrogens is 388 g/mol. The van der Waals surface area contributed by atoms with Gasteiger partial charge < -0.3 is 4.74 Å². The molecule has 0 bridgehead atoms. The Morgan fingerprint density at radius 2 is 1.44 bits per heavy atom. The molecule has 0 aliphatic heterocycles. The molecule has 1 aromatic rings. The van der Waals surface area contributed by atoms with E-state index in [2.05, 4.69) is 37.8 Å². The number of benzene rings is 1. The van der Waals surface area contributed by atoms with Crippen LogP contribution >= 0.6 is 0 Å². The first kappa shape index (κ1) is 23.9. The average Bonchev–Trinajstić information content (AvgIpc) is 2.85. The maximum absolute atomic E-state index is 5.65. The van der Waals surface area contributed by atoms with Crippen molar-refractivity contribution in [1.29, 1.82) is 0 Å². The van der Waals surface area contributed by atoms with E-state index in [0.29, 0.717) is 6.61 Å². The van der Waals surface area contributed by atoms with Crippen LogP contribution in [0.5, 0.6) is 5.75 Å². The van der Waals surface area contributed by atoms with Gasteiger partial charge in [-0.25, -0.2) is 0 Å². The van der Waals surface area contributed by atoms with Crippen LogP contribution in [0.2, 0.25) is 0 Å². The fraction of sp³-hybridized carbons (Fsp3) is 0.742. The van der Waals surface area contributed by atoms with Gasteiger partial charge in [0.25, 0.3) is 0 Å². The fourth-order valence-corrected chi connectivity index (χ4v) is 7.49. The van der Waals surface area contributed by atoms with E-state index >= 15 is 0 Å². The van der Waals surface area contributed by atoms with Crippen LogP contribution in [0.15, 0.2) is 36.9 Å². The van der Waals surface area contributed by atoms with E-state index in [1.807, 2.05) is 6.08 Å². The highest BCUT2D eigenvalue weighted by Crippen LogP contribution is 2.50. The van der Waals surface area contributed by atoms with E-state index in [0.717, 1.165) is 41.3 Å². The Bertz CT molecular complexity index is 668. The van der Waals surface area contributed by atoms with Crippen LogP contribution < -0.4 is 4.74 Å². The van der Waals surface area contributed by atoms with Crippen LogP contribution in [0.25, 0.3) is 0 Å². The van der Waals surface area contributed by atoms with Gasteiger partial charge in [-0.2, -0.15) is 0 Å². The lowest BCUT2D eigenvalue weighted by Crippen LogP contribution is -2.34. The van der Waals surface area contributed by atoms with Crippen molar-refractivity contribution in [3.05, 3.63) is 42.5 Å². The van der Waals surface area contributed by atoms with Crippen LogP contribution in [0.4, 0.5) is 0 Å². The lowest BCUT2D eigenvalue weighted by Gasteiger charge is -2.45. The highest BCUT2D eigenvalue weighted by atomic mass is 16.5. The summed E-state index contributed by atoms with van der Waals surface area (Å²) in [6, 6.07) is 8.89. The molecule has 0 spiro atoms. The Morgan fingerprint density at radius 3 is 2.16 bits per heavy atom. The van der Waals surface area contributed by atoms with E-state index < -0.39 is 0 Å². The van der Waals surface area contributed by atoms with E-state index in [-0.39, 0.29) is 0 Å². The SMILES string of the molecule is C=CCOc1ccc(C2CCC(C3CCC4CC(CCCCCC)CCC4C3)CC2)cc1. The van der Waals surface area contributed by atoms with Crippen molar-refractivity contribution in [2.75, 3.05) is 6.61 Å². The van der Waals surface area contributed by atoms with Crippen molar-refractivity contribution in [2.45, 2.75) is 109 Å². The van der Waals surface area contributed by atoms with Crippen molar-refractivity contribution in [3.63, 3.8) is 0 Å². The highest BCUT2D eigenvalue weighted by molar-refractivity contribution is 5.29. The minimum atomic E-state index is 0.591. The highest BCUT2D eigenvalue weighted by Gasteiger charge is 2.38. The Hall–Kier alpha value is -1.24. The van der Waals surface area contributed by atoms with Gasteiger partial charge in [0.05, 0.1) is 0 Å². The molecule has 3 fully saturated rings. The van der Waals surface area contributed by atoms with E-state index in [1.54, 1.807) is 32.1 Å². The molecule has 3 aliphatic rings. The normalized spacial score (nSPS) is 32.8. The van der Waals surface area contributed by atoms with Gasteiger partial charge in [-0.1, -0.05) is 70.2 Å². The molecule has 0 N–H and O–H groups in total. The van der Waals surface area contributed by atoms with Gasteiger partial charge in [-0.05, 0) is 111 Å². The fourth-order valence-electron chi connectivity index (χ4n) is 7.49. The van der Waals surface area contributed by atoms with E-state index in [4.69, 9.17) is 4.74 Å². The second kappa shape index (κ2) is 12.3. The minimum absolute atomic E-state index is 0.591. The summed E-state index contributed by atoms with van der Waals surface area (Å²) in [4.78, 5) is 0. The maximum Gasteiger partial charge on any atom is 0.119 e. The van der Waals surface area contributed by atoms with Crippen LogP contribution in [0.1, 0.15) is 115 Å². The average molecular weight is 437 g/mol. The van der Waals surface area contributed by atoms with Crippen LogP contribution in [-0.4, -0.2) is 6.61 Å². The van der Waals surface area contributed by atoms with Crippen molar-refractivity contribution < 1.29 is 4.74 Å². The molecule has 3 aliphatic carbocycles. The maximum atomic E-state index is 5.65. The molecule has 1 heteroatoms. The van der Waals surface area contributed by atoms with Crippen molar-refractivity contribution in [2.24, 2.45) is 29.6 Å². The van der Waals surface area contributed by atoms with Crippen molar-refractivity contribution in [1.82, 2.24) is 0 Å². The predicted octanol–water partition coefficient (Wildman–Crippen LogP) is 9.33. The first-order chi connectivity index (χ1) is 15.8. The third-order valence-corrected chi connectivity index (χ3v) is 9.39. The molecule has 3 saturated carbocycles. The quantitative estimate of drug-likeness (QED) is 0.262. The van der Waals surface area contributed by atoms with Crippen LogP contribution in [0.3, 0.4) is 0 Å². The summed E-state index contributed by atoms with van der Waals surface area (Å²) in [5.41, 5.74) is 1.52. The predicted molar refractivity (Wildman–Crippen MR) is 137 cm³/mol. The summed E-state index contributed by atoms with van der Waals surface area (Å²) < 4.78 is 5.65. The molecule has 4 atom stereocenters. The third-order valence-electron chi connectivity index (χ3n) is 9.39. The van der Waals surface area contributed by atoms with Gasteiger partial charge in [-0.15, -0.1) is 0 Å². The van der Waals surface area contributed by atoms with E-state index in [1.165, 1.54) is 69.8 Å². The lowest BCUT2D eigenvalue weighted by molar-refractivity contribution is 0.0613. The van der Waals surface area contributed by atoms with Gasteiger partial charge in [-0.3, -0.25) is 0 Å². The molecule has 0 radical (unpaired) electrons. The summed E-state index contributed by atoms with van der Waals surface area (Å²) in [6.45, 7) is 6.65. The first-order valence-corrected chi connectivity index (χ1v) is 14.1. The standard InChI is InChI=1S/C31H48O/c1-3-5-6-7-8-24-9-10-30-23-29(16-15-28(30)22-24)27-13-11-25(12-14-27)26-17-19-31(20-18-26)32-21-4-2/h4,17-20,24-25,27-30H,2-3,5-16,21-23H2,1H3. The molecule has 0 saturated heterocycles.